The molecule has 5 nitrogen and oxygen atoms in total. The summed E-state index contributed by atoms with van der Waals surface area (Å²) in [6, 6.07) is 14.7. The molecule has 1 N–H and O–H groups in total. The monoisotopic (exact) mass is 362 g/mol. The van der Waals surface area contributed by atoms with Gasteiger partial charge in [0.25, 0.3) is 0 Å². The molecule has 1 atom stereocenters. The molecule has 7 heteroatoms. The maximum atomic E-state index is 12.7. The second kappa shape index (κ2) is 6.67. The van der Waals surface area contributed by atoms with Crippen LogP contribution in [0.3, 0.4) is 0 Å². The van der Waals surface area contributed by atoms with Crippen molar-refractivity contribution >= 4 is 38.8 Å². The highest BCUT2D eigenvalue weighted by atomic mass is 35.5. The third-order valence-electron chi connectivity index (χ3n) is 3.59. The molecule has 3 rings (SSSR count). The molecular formula is C17H15ClN2O3S. The van der Waals surface area contributed by atoms with E-state index in [4.69, 9.17) is 11.6 Å². The van der Waals surface area contributed by atoms with Crippen molar-refractivity contribution in [2.75, 3.05) is 16.0 Å². The Bertz CT molecular complexity index is 864. The van der Waals surface area contributed by atoms with Crippen LogP contribution in [0.1, 0.15) is 0 Å². The summed E-state index contributed by atoms with van der Waals surface area (Å²) in [6.45, 7) is 0. The van der Waals surface area contributed by atoms with Crippen LogP contribution >= 0.6 is 11.6 Å². The zero-order valence-electron chi connectivity index (χ0n) is 12.6. The van der Waals surface area contributed by atoms with Crippen molar-refractivity contribution in [3.05, 3.63) is 71.1 Å². The number of para-hydroxylation sites is 1. The largest absolute Gasteiger partial charge is 0.326 e. The highest BCUT2D eigenvalue weighted by Gasteiger charge is 2.31. The van der Waals surface area contributed by atoms with E-state index in [1.807, 2.05) is 18.2 Å². The van der Waals surface area contributed by atoms with Gasteiger partial charge in [-0.25, -0.2) is 13.2 Å². The second-order valence-corrected chi connectivity index (χ2v) is 7.74. The molecule has 0 spiro atoms. The Morgan fingerprint density at radius 2 is 1.75 bits per heavy atom. The van der Waals surface area contributed by atoms with Gasteiger partial charge in [0, 0.05) is 21.8 Å². The maximum absolute atomic E-state index is 12.7. The third kappa shape index (κ3) is 3.77. The number of anilines is 2. The first-order valence-electron chi connectivity index (χ1n) is 7.26. The van der Waals surface area contributed by atoms with E-state index < -0.39 is 21.9 Å². The fourth-order valence-electron chi connectivity index (χ4n) is 2.49. The molecule has 0 saturated heterocycles. The lowest BCUT2D eigenvalue weighted by Gasteiger charge is -2.28. The van der Waals surface area contributed by atoms with E-state index in [0.717, 1.165) is 5.41 Å². The van der Waals surface area contributed by atoms with Crippen molar-refractivity contribution in [3.63, 3.8) is 0 Å². The Morgan fingerprint density at radius 1 is 1.08 bits per heavy atom. The zero-order chi connectivity index (χ0) is 17.2. The van der Waals surface area contributed by atoms with Gasteiger partial charge in [-0.3, -0.25) is 4.90 Å². The number of hydrogen-bond donors (Lipinski definition) is 1. The van der Waals surface area contributed by atoms with Gasteiger partial charge in [-0.15, -0.1) is 0 Å². The minimum atomic E-state index is -3.29. The van der Waals surface area contributed by atoms with Crippen molar-refractivity contribution in [1.82, 2.24) is 0 Å². The molecule has 2 aromatic carbocycles. The van der Waals surface area contributed by atoms with Gasteiger partial charge < -0.3 is 5.32 Å². The molecule has 2 aromatic rings. The molecule has 0 saturated carbocycles. The average molecular weight is 363 g/mol. The van der Waals surface area contributed by atoms with Crippen LogP contribution in [0.15, 0.2) is 66.1 Å². The number of nitrogens with zero attached hydrogens (tertiary/aromatic N) is 1. The highest BCUT2D eigenvalue weighted by Crippen LogP contribution is 2.25. The van der Waals surface area contributed by atoms with E-state index in [0.29, 0.717) is 16.4 Å². The topological polar surface area (TPSA) is 66.5 Å². The van der Waals surface area contributed by atoms with E-state index in [-0.39, 0.29) is 5.75 Å². The molecule has 0 unspecified atom stereocenters. The number of nitrogens with one attached hydrogen (secondary N) is 1. The van der Waals surface area contributed by atoms with Gasteiger partial charge >= 0.3 is 6.03 Å². The minimum absolute atomic E-state index is 0.141. The number of amides is 2. The molecule has 1 aliphatic rings. The van der Waals surface area contributed by atoms with Crippen molar-refractivity contribution < 1.29 is 13.2 Å². The molecule has 0 fully saturated rings. The predicted molar refractivity (Wildman–Crippen MR) is 96.1 cm³/mol. The van der Waals surface area contributed by atoms with Crippen LogP contribution < -0.4 is 10.2 Å². The summed E-state index contributed by atoms with van der Waals surface area (Å²) in [5.74, 6) is -0.141. The van der Waals surface area contributed by atoms with Crippen LogP contribution in [0.25, 0.3) is 0 Å². The normalized spacial score (nSPS) is 18.3. The number of halogens is 1. The number of hydrogen-bond acceptors (Lipinski definition) is 3. The standard InChI is InChI=1S/C17H15ClN2O3S/c18-13-6-8-15(9-7-13)20(16-10-11-24(22,23)12-16)17(21)19-14-4-2-1-3-5-14/h1-11,16H,12H2,(H,19,21)/t16-/m1/s1. The lowest BCUT2D eigenvalue weighted by molar-refractivity contribution is 0.256. The van der Waals surface area contributed by atoms with Gasteiger partial charge in [-0.05, 0) is 42.5 Å². The molecule has 2 amide bonds. The molecule has 124 valence electrons. The van der Waals surface area contributed by atoms with E-state index in [2.05, 4.69) is 5.32 Å². The number of benzene rings is 2. The van der Waals surface area contributed by atoms with Crippen molar-refractivity contribution in [1.29, 1.82) is 0 Å². The molecule has 0 bridgehead atoms. The lowest BCUT2D eigenvalue weighted by Crippen LogP contribution is -2.43. The number of sulfone groups is 1. The molecule has 0 radical (unpaired) electrons. The lowest BCUT2D eigenvalue weighted by atomic mass is 10.2. The summed E-state index contributed by atoms with van der Waals surface area (Å²) >= 11 is 5.90. The third-order valence-corrected chi connectivity index (χ3v) is 5.22. The van der Waals surface area contributed by atoms with Crippen LogP contribution in [0.4, 0.5) is 16.2 Å². The molecular weight excluding hydrogens is 348 g/mol. The van der Waals surface area contributed by atoms with Crippen molar-refractivity contribution in [2.24, 2.45) is 0 Å². The second-order valence-electron chi connectivity index (χ2n) is 5.37. The minimum Gasteiger partial charge on any atom is -0.308 e. The first-order chi connectivity index (χ1) is 11.4. The van der Waals surface area contributed by atoms with Gasteiger partial charge in [0.2, 0.25) is 0 Å². The van der Waals surface area contributed by atoms with Crippen LogP contribution in [-0.4, -0.2) is 26.2 Å². The first kappa shape index (κ1) is 16.5. The van der Waals surface area contributed by atoms with Gasteiger partial charge in [-0.1, -0.05) is 29.8 Å². The number of urea groups is 1. The van der Waals surface area contributed by atoms with E-state index in [9.17, 15) is 13.2 Å². The van der Waals surface area contributed by atoms with Crippen LogP contribution in [0.2, 0.25) is 5.02 Å². The summed E-state index contributed by atoms with van der Waals surface area (Å²) in [4.78, 5) is 14.2. The summed E-state index contributed by atoms with van der Waals surface area (Å²) < 4.78 is 23.5. The first-order valence-corrected chi connectivity index (χ1v) is 9.36. The molecule has 24 heavy (non-hydrogen) atoms. The van der Waals surface area contributed by atoms with Gasteiger partial charge in [0.1, 0.15) is 0 Å². The Hall–Kier alpha value is -2.31. The predicted octanol–water partition coefficient (Wildman–Crippen LogP) is 3.69. The summed E-state index contributed by atoms with van der Waals surface area (Å²) in [7, 11) is -3.29. The summed E-state index contributed by atoms with van der Waals surface area (Å²) in [5.41, 5.74) is 1.20. The van der Waals surface area contributed by atoms with Gasteiger partial charge in [-0.2, -0.15) is 0 Å². The zero-order valence-corrected chi connectivity index (χ0v) is 14.2. The number of carbonyl (C=O) groups excluding carboxylic acids is 1. The van der Waals surface area contributed by atoms with E-state index in [1.54, 1.807) is 36.4 Å². The summed E-state index contributed by atoms with van der Waals surface area (Å²) in [6.07, 6.45) is 1.52. The highest BCUT2D eigenvalue weighted by molar-refractivity contribution is 7.94. The van der Waals surface area contributed by atoms with E-state index >= 15 is 0 Å². The molecule has 1 aliphatic heterocycles. The van der Waals surface area contributed by atoms with Crippen LogP contribution in [0.5, 0.6) is 0 Å². The van der Waals surface area contributed by atoms with E-state index in [1.165, 1.54) is 11.0 Å². The fraction of sp³-hybridized carbons (Fsp3) is 0.118. The smallest absolute Gasteiger partial charge is 0.308 e. The Morgan fingerprint density at radius 3 is 2.33 bits per heavy atom. The summed E-state index contributed by atoms with van der Waals surface area (Å²) in [5, 5.41) is 4.47. The van der Waals surface area contributed by atoms with Gasteiger partial charge in [0.05, 0.1) is 11.8 Å². The van der Waals surface area contributed by atoms with Crippen molar-refractivity contribution in [2.45, 2.75) is 6.04 Å². The Balaban J connectivity index is 1.91. The molecule has 0 aromatic heterocycles. The SMILES string of the molecule is O=C(Nc1ccccc1)N(c1ccc(Cl)cc1)[C@@H]1C=CS(=O)(=O)C1. The quantitative estimate of drug-likeness (QED) is 0.905. The number of rotatable bonds is 3. The van der Waals surface area contributed by atoms with Crippen molar-refractivity contribution in [3.8, 4) is 0 Å². The molecule has 1 heterocycles. The van der Waals surface area contributed by atoms with Crippen LogP contribution in [0, 0.1) is 0 Å². The number of carbonyl (C=O) groups is 1. The van der Waals surface area contributed by atoms with Gasteiger partial charge in [0.15, 0.2) is 9.84 Å². The average Bonchev–Trinajstić information content (AvgIpc) is 2.90. The fourth-order valence-corrected chi connectivity index (χ4v) is 3.88. The molecule has 0 aliphatic carbocycles. The Labute approximate surface area is 145 Å². The Kier molecular flexibility index (Phi) is 4.59. The maximum Gasteiger partial charge on any atom is 0.326 e. The van der Waals surface area contributed by atoms with Crippen LogP contribution in [-0.2, 0) is 9.84 Å².